The number of H-pyrrole nitrogens is 1. The molecule has 0 unspecified atom stereocenters. The van der Waals surface area contributed by atoms with Crippen LogP contribution in [-0.2, 0) is 35.2 Å². The van der Waals surface area contributed by atoms with Crippen molar-refractivity contribution in [2.45, 2.75) is 116 Å². The average molecular weight is 996 g/mol. The third-order valence-electron chi connectivity index (χ3n) is 10.9. The number of nitrogens with zero attached hydrogens (tertiary/aromatic N) is 5. The SMILES string of the molecule is C=C(O)c1ccoc1.CC(C)(C)OC(=O)N1CCC(c2cc(CCc3ccc(Cl)s3)[nH]n2)CC1.CC(C)(C)OC(=O)N1CCC(c2cc(CCc3ccc(Cl)s3)n(C(=O)c3ccoc3)n2)CC1. The number of aromatic amines is 1. The molecule has 0 saturated carbocycles. The van der Waals surface area contributed by atoms with Crippen molar-refractivity contribution in [3.8, 4) is 0 Å². The minimum Gasteiger partial charge on any atom is -0.508 e. The summed E-state index contributed by atoms with van der Waals surface area (Å²) in [7, 11) is 0. The van der Waals surface area contributed by atoms with E-state index in [0.717, 1.165) is 94.4 Å². The summed E-state index contributed by atoms with van der Waals surface area (Å²) in [6, 6.07) is 15.4. The van der Waals surface area contributed by atoms with Gasteiger partial charge in [0.05, 0.1) is 43.7 Å². The van der Waals surface area contributed by atoms with Gasteiger partial charge < -0.3 is 33.2 Å². The molecule has 0 radical (unpaired) electrons. The number of carbonyl (C=O) groups is 3. The second-order valence-electron chi connectivity index (χ2n) is 18.5. The van der Waals surface area contributed by atoms with Gasteiger partial charge in [-0.3, -0.25) is 9.89 Å². The van der Waals surface area contributed by atoms with E-state index in [2.05, 4.69) is 33.3 Å². The monoisotopic (exact) mass is 994 g/mol. The van der Waals surface area contributed by atoms with E-state index in [9.17, 15) is 14.4 Å². The number of ether oxygens (including phenoxy) is 2. The Labute approximate surface area is 409 Å². The van der Waals surface area contributed by atoms with Gasteiger partial charge in [0.2, 0.25) is 0 Å². The summed E-state index contributed by atoms with van der Waals surface area (Å²) in [4.78, 5) is 43.6. The molecule has 2 aliphatic rings. The summed E-state index contributed by atoms with van der Waals surface area (Å²) in [5, 5.41) is 21.0. The van der Waals surface area contributed by atoms with Crippen LogP contribution in [-0.4, -0.2) is 90.4 Å². The fourth-order valence-electron chi connectivity index (χ4n) is 7.50. The lowest BCUT2D eigenvalue weighted by Gasteiger charge is -2.32. The second kappa shape index (κ2) is 23.1. The summed E-state index contributed by atoms with van der Waals surface area (Å²) >= 11 is 15.2. The number of nitrogens with one attached hydrogen (secondary N) is 1. The molecule has 2 aliphatic heterocycles. The molecular weight excluding hydrogens is 936 g/mol. The first-order valence-electron chi connectivity index (χ1n) is 22.3. The molecule has 0 aliphatic carbocycles. The Hall–Kier alpha value is -5.29. The Morgan fingerprint density at radius 1 is 0.731 bits per heavy atom. The third kappa shape index (κ3) is 15.6. The van der Waals surface area contributed by atoms with Gasteiger partial charge in [-0.1, -0.05) is 29.8 Å². The van der Waals surface area contributed by atoms with Gasteiger partial charge >= 0.3 is 12.2 Å². The molecule has 6 aromatic heterocycles. The maximum Gasteiger partial charge on any atom is 0.410 e. The molecule has 0 bridgehead atoms. The standard InChI is InChI=1S/C24H28ClN3O4S.C19H26ClN3O2S.C6H6O2/c1-24(2,3)32-23(30)27-11-8-16(9-12-27)20-14-18(4-5-19-6-7-21(25)33-19)28(26-20)22(29)17-10-13-31-15-17;1-19(2,3)25-18(24)23-10-8-13(9-11-23)16-12-14(21-22-16)4-5-15-6-7-17(20)26-15;1-5(7)6-2-3-8-4-6/h6-7,10,13-16H,4-5,8-9,11-12H2,1-3H3;6-7,12-13H,4-5,8-11H2,1-3H3,(H,21,22);2-4,7H,1H2. The minimum absolute atomic E-state index is 0.0405. The highest BCUT2D eigenvalue weighted by molar-refractivity contribution is 7.16. The van der Waals surface area contributed by atoms with Crippen LogP contribution >= 0.6 is 45.9 Å². The lowest BCUT2D eigenvalue weighted by atomic mass is 9.93. The molecule has 18 heteroatoms. The predicted octanol–water partition coefficient (Wildman–Crippen LogP) is 12.6. The third-order valence-corrected chi connectivity index (χ3v) is 13.5. The minimum atomic E-state index is -0.512. The van der Waals surface area contributed by atoms with Crippen LogP contribution < -0.4 is 0 Å². The van der Waals surface area contributed by atoms with Crippen molar-refractivity contribution in [3.63, 3.8) is 0 Å². The van der Waals surface area contributed by atoms with Crippen molar-refractivity contribution in [1.29, 1.82) is 0 Å². The molecule has 2 amide bonds. The summed E-state index contributed by atoms with van der Waals surface area (Å²) in [5.74, 6) is 0.408. The molecule has 0 atom stereocenters. The summed E-state index contributed by atoms with van der Waals surface area (Å²) in [5.41, 5.74) is 4.13. The quantitative estimate of drug-likeness (QED) is 0.126. The molecule has 14 nitrogen and oxygen atoms in total. The van der Waals surface area contributed by atoms with Crippen LogP contribution in [0, 0.1) is 0 Å². The summed E-state index contributed by atoms with van der Waals surface area (Å²) < 4.78 is 23.8. The van der Waals surface area contributed by atoms with Gasteiger partial charge in [-0.05, 0) is 141 Å². The van der Waals surface area contributed by atoms with Gasteiger partial charge in [-0.25, -0.2) is 14.3 Å². The van der Waals surface area contributed by atoms with E-state index in [1.807, 2.05) is 65.8 Å². The smallest absolute Gasteiger partial charge is 0.410 e. The van der Waals surface area contributed by atoms with E-state index >= 15 is 0 Å². The molecule has 2 saturated heterocycles. The lowest BCUT2D eigenvalue weighted by Crippen LogP contribution is -2.41. The van der Waals surface area contributed by atoms with Gasteiger partial charge in [0.15, 0.2) is 0 Å². The Morgan fingerprint density at radius 3 is 1.66 bits per heavy atom. The fraction of sp³-hybridized carbons (Fsp3) is 0.449. The largest absolute Gasteiger partial charge is 0.508 e. The molecular formula is C49H60Cl2N6O8S2. The zero-order valence-electron chi connectivity index (χ0n) is 38.9. The number of amides is 2. The Balaban J connectivity index is 0.000000193. The number of rotatable bonds is 10. The van der Waals surface area contributed by atoms with E-state index in [1.54, 1.807) is 44.6 Å². The molecule has 8 rings (SSSR count). The Kier molecular flexibility index (Phi) is 17.7. The van der Waals surface area contributed by atoms with Crippen LogP contribution in [0.4, 0.5) is 9.59 Å². The highest BCUT2D eigenvalue weighted by Crippen LogP contribution is 2.31. The van der Waals surface area contributed by atoms with Crippen molar-refractivity contribution in [2.24, 2.45) is 0 Å². The Morgan fingerprint density at radius 2 is 1.22 bits per heavy atom. The van der Waals surface area contributed by atoms with Crippen LogP contribution in [0.5, 0.6) is 0 Å². The maximum atomic E-state index is 13.1. The first kappa shape index (κ1) is 51.1. The van der Waals surface area contributed by atoms with Crippen molar-refractivity contribution < 1.29 is 37.8 Å². The van der Waals surface area contributed by atoms with Crippen LogP contribution in [0.15, 0.2) is 89.0 Å². The molecule has 8 heterocycles. The first-order chi connectivity index (χ1) is 31.8. The number of piperidine rings is 2. The van der Waals surface area contributed by atoms with Gasteiger partial charge in [0, 0.05) is 59.2 Å². The van der Waals surface area contributed by atoms with E-state index in [1.165, 1.54) is 34.6 Å². The summed E-state index contributed by atoms with van der Waals surface area (Å²) in [6.07, 6.45) is 12.1. The molecule has 67 heavy (non-hydrogen) atoms. The summed E-state index contributed by atoms with van der Waals surface area (Å²) in [6.45, 7) is 17.2. The normalized spacial score (nSPS) is 14.7. The molecule has 0 spiro atoms. The second-order valence-corrected chi connectivity index (χ2v) is 22.1. The number of carbonyl (C=O) groups excluding carboxylic acids is 3. The van der Waals surface area contributed by atoms with Crippen LogP contribution in [0.25, 0.3) is 5.76 Å². The van der Waals surface area contributed by atoms with Crippen LogP contribution in [0.3, 0.4) is 0 Å². The topological polar surface area (TPSA) is 169 Å². The van der Waals surface area contributed by atoms with Gasteiger partial charge in [0.1, 0.15) is 29.5 Å². The number of aliphatic hydroxyl groups excluding tert-OH is 1. The van der Waals surface area contributed by atoms with Gasteiger partial charge in [-0.15, -0.1) is 22.7 Å². The van der Waals surface area contributed by atoms with Gasteiger partial charge in [0.25, 0.3) is 5.91 Å². The average Bonchev–Trinajstić information content (AvgIpc) is 4.14. The number of halogens is 2. The number of aliphatic hydroxyl groups is 1. The number of hydrogen-bond donors (Lipinski definition) is 2. The van der Waals surface area contributed by atoms with Crippen LogP contribution in [0.2, 0.25) is 8.67 Å². The van der Waals surface area contributed by atoms with Crippen LogP contribution in [0.1, 0.15) is 128 Å². The number of hydrogen-bond acceptors (Lipinski definition) is 12. The molecule has 0 aromatic carbocycles. The lowest BCUT2D eigenvalue weighted by molar-refractivity contribution is 0.0193. The molecule has 360 valence electrons. The van der Waals surface area contributed by atoms with E-state index < -0.39 is 11.2 Å². The molecule has 2 N–H and O–H groups in total. The number of furan rings is 2. The molecule has 6 aromatic rings. The zero-order chi connectivity index (χ0) is 48.3. The van der Waals surface area contributed by atoms with E-state index in [0.29, 0.717) is 36.6 Å². The van der Waals surface area contributed by atoms with E-state index in [-0.39, 0.29) is 29.8 Å². The van der Waals surface area contributed by atoms with Crippen molar-refractivity contribution in [2.75, 3.05) is 26.2 Å². The van der Waals surface area contributed by atoms with Crippen molar-refractivity contribution in [1.82, 2.24) is 29.8 Å². The number of aryl methyl sites for hydroxylation is 4. The first-order valence-corrected chi connectivity index (χ1v) is 24.7. The highest BCUT2D eigenvalue weighted by atomic mass is 35.5. The number of thiophene rings is 2. The van der Waals surface area contributed by atoms with Crippen molar-refractivity contribution >= 4 is 69.7 Å². The number of likely N-dealkylation sites (tertiary alicyclic amines) is 2. The number of aromatic nitrogens is 4. The van der Waals surface area contributed by atoms with Crippen molar-refractivity contribution in [3.05, 3.63) is 132 Å². The molecule has 2 fully saturated rings. The highest BCUT2D eigenvalue weighted by Gasteiger charge is 2.31. The predicted molar refractivity (Wildman–Crippen MR) is 263 cm³/mol. The fourth-order valence-corrected chi connectivity index (χ4v) is 9.67. The van der Waals surface area contributed by atoms with E-state index in [4.69, 9.17) is 47.3 Å². The zero-order valence-corrected chi connectivity index (χ0v) is 42.0. The van der Waals surface area contributed by atoms with Gasteiger partial charge in [-0.2, -0.15) is 10.2 Å². The maximum absolute atomic E-state index is 13.1. The Bertz CT molecular complexity index is 2510.